The SMILES string of the molecule is CCC(CC)NCCc1nc(C2CC2)cs1. The van der Waals surface area contributed by atoms with Crippen molar-refractivity contribution >= 4 is 11.3 Å². The topological polar surface area (TPSA) is 24.9 Å². The fourth-order valence-corrected chi connectivity index (χ4v) is 2.85. The van der Waals surface area contributed by atoms with Gasteiger partial charge in [0.2, 0.25) is 0 Å². The van der Waals surface area contributed by atoms with Crippen molar-refractivity contribution in [3.05, 3.63) is 16.1 Å². The average Bonchev–Trinajstić information content (AvgIpc) is 3.05. The van der Waals surface area contributed by atoms with Crippen LogP contribution >= 0.6 is 11.3 Å². The summed E-state index contributed by atoms with van der Waals surface area (Å²) in [5.41, 5.74) is 1.35. The Labute approximate surface area is 102 Å². The van der Waals surface area contributed by atoms with Crippen LogP contribution in [0.25, 0.3) is 0 Å². The molecule has 90 valence electrons. The van der Waals surface area contributed by atoms with E-state index < -0.39 is 0 Å². The van der Waals surface area contributed by atoms with Crippen molar-refractivity contribution in [1.29, 1.82) is 0 Å². The van der Waals surface area contributed by atoms with Crippen LogP contribution in [0.15, 0.2) is 5.38 Å². The van der Waals surface area contributed by atoms with E-state index in [1.807, 2.05) is 11.3 Å². The van der Waals surface area contributed by atoms with E-state index >= 15 is 0 Å². The summed E-state index contributed by atoms with van der Waals surface area (Å²) in [4.78, 5) is 4.70. The predicted molar refractivity (Wildman–Crippen MR) is 70.2 cm³/mol. The highest BCUT2D eigenvalue weighted by molar-refractivity contribution is 7.09. The van der Waals surface area contributed by atoms with E-state index in [0.717, 1.165) is 18.9 Å². The average molecular weight is 238 g/mol. The molecule has 1 saturated carbocycles. The van der Waals surface area contributed by atoms with Gasteiger partial charge in [-0.3, -0.25) is 0 Å². The molecule has 1 aromatic rings. The second kappa shape index (κ2) is 5.78. The van der Waals surface area contributed by atoms with Crippen molar-refractivity contribution in [2.45, 2.75) is 57.9 Å². The number of rotatable bonds is 7. The molecular formula is C13H22N2S. The minimum Gasteiger partial charge on any atom is -0.314 e. The van der Waals surface area contributed by atoms with Gasteiger partial charge in [0.15, 0.2) is 0 Å². The Morgan fingerprint density at radius 3 is 2.81 bits per heavy atom. The molecule has 1 fully saturated rings. The van der Waals surface area contributed by atoms with Crippen LogP contribution in [-0.2, 0) is 6.42 Å². The van der Waals surface area contributed by atoms with Gasteiger partial charge in [0.1, 0.15) is 0 Å². The van der Waals surface area contributed by atoms with Crippen LogP contribution in [-0.4, -0.2) is 17.6 Å². The molecule has 1 aliphatic carbocycles. The number of thiazole rings is 1. The Bertz CT molecular complexity index is 313. The molecule has 1 N–H and O–H groups in total. The van der Waals surface area contributed by atoms with Crippen molar-refractivity contribution in [1.82, 2.24) is 10.3 Å². The number of nitrogens with zero attached hydrogens (tertiary/aromatic N) is 1. The summed E-state index contributed by atoms with van der Waals surface area (Å²) in [6.07, 6.45) is 6.25. The Balaban J connectivity index is 1.71. The zero-order chi connectivity index (χ0) is 11.4. The molecule has 0 spiro atoms. The van der Waals surface area contributed by atoms with Gasteiger partial charge in [0, 0.05) is 30.3 Å². The van der Waals surface area contributed by atoms with Gasteiger partial charge in [0.25, 0.3) is 0 Å². The Morgan fingerprint density at radius 2 is 2.19 bits per heavy atom. The molecule has 0 aromatic carbocycles. The van der Waals surface area contributed by atoms with Crippen LogP contribution in [0.4, 0.5) is 0 Å². The summed E-state index contributed by atoms with van der Waals surface area (Å²) in [7, 11) is 0. The van der Waals surface area contributed by atoms with Gasteiger partial charge in [-0.15, -0.1) is 11.3 Å². The lowest BCUT2D eigenvalue weighted by Gasteiger charge is -2.13. The molecule has 0 unspecified atom stereocenters. The minimum absolute atomic E-state index is 0.683. The Morgan fingerprint density at radius 1 is 1.44 bits per heavy atom. The smallest absolute Gasteiger partial charge is 0.0941 e. The molecule has 0 atom stereocenters. The molecule has 1 heterocycles. The Kier molecular flexibility index (Phi) is 4.36. The van der Waals surface area contributed by atoms with Crippen molar-refractivity contribution in [3.8, 4) is 0 Å². The molecule has 0 aliphatic heterocycles. The standard InChI is InChI=1S/C13H22N2S/c1-3-11(4-2)14-8-7-13-15-12(9-16-13)10-5-6-10/h9-11,14H,3-8H2,1-2H3. The second-order valence-corrected chi connectivity index (χ2v) is 5.60. The van der Waals surface area contributed by atoms with E-state index in [-0.39, 0.29) is 0 Å². The van der Waals surface area contributed by atoms with Gasteiger partial charge in [-0.1, -0.05) is 13.8 Å². The minimum atomic E-state index is 0.683. The maximum Gasteiger partial charge on any atom is 0.0941 e. The van der Waals surface area contributed by atoms with Gasteiger partial charge in [-0.25, -0.2) is 4.98 Å². The van der Waals surface area contributed by atoms with Crippen molar-refractivity contribution < 1.29 is 0 Å². The fourth-order valence-electron chi connectivity index (χ4n) is 1.97. The molecule has 1 aromatic heterocycles. The quantitative estimate of drug-likeness (QED) is 0.788. The molecule has 16 heavy (non-hydrogen) atoms. The van der Waals surface area contributed by atoms with Crippen LogP contribution in [0.2, 0.25) is 0 Å². The Hall–Kier alpha value is -0.410. The number of hydrogen-bond acceptors (Lipinski definition) is 3. The highest BCUT2D eigenvalue weighted by atomic mass is 32.1. The maximum atomic E-state index is 4.70. The van der Waals surface area contributed by atoms with Crippen molar-refractivity contribution in [2.24, 2.45) is 0 Å². The highest BCUT2D eigenvalue weighted by Crippen LogP contribution is 2.40. The summed E-state index contributed by atoms with van der Waals surface area (Å²) >= 11 is 1.83. The molecular weight excluding hydrogens is 216 g/mol. The second-order valence-electron chi connectivity index (χ2n) is 4.66. The summed E-state index contributed by atoms with van der Waals surface area (Å²) in [6.45, 7) is 5.56. The normalized spacial score (nSPS) is 15.9. The highest BCUT2D eigenvalue weighted by Gasteiger charge is 2.25. The largest absolute Gasteiger partial charge is 0.314 e. The molecule has 0 radical (unpaired) electrons. The zero-order valence-electron chi connectivity index (χ0n) is 10.3. The number of aromatic nitrogens is 1. The first kappa shape index (κ1) is 12.1. The lowest BCUT2D eigenvalue weighted by molar-refractivity contribution is 0.488. The first-order chi connectivity index (χ1) is 7.83. The van der Waals surface area contributed by atoms with E-state index in [9.17, 15) is 0 Å². The zero-order valence-corrected chi connectivity index (χ0v) is 11.1. The summed E-state index contributed by atoms with van der Waals surface area (Å²) < 4.78 is 0. The molecule has 1 aliphatic rings. The van der Waals surface area contributed by atoms with Gasteiger partial charge < -0.3 is 5.32 Å². The molecule has 2 rings (SSSR count). The maximum absolute atomic E-state index is 4.70. The molecule has 3 heteroatoms. The fraction of sp³-hybridized carbons (Fsp3) is 0.769. The monoisotopic (exact) mass is 238 g/mol. The van der Waals surface area contributed by atoms with E-state index in [4.69, 9.17) is 4.98 Å². The molecule has 0 amide bonds. The predicted octanol–water partition coefficient (Wildman–Crippen LogP) is 3.34. The summed E-state index contributed by atoms with van der Waals surface area (Å²) in [5.74, 6) is 0.803. The summed E-state index contributed by atoms with van der Waals surface area (Å²) in [6, 6.07) is 0.683. The van der Waals surface area contributed by atoms with E-state index in [0.29, 0.717) is 6.04 Å². The summed E-state index contributed by atoms with van der Waals surface area (Å²) in [5, 5.41) is 7.15. The van der Waals surface area contributed by atoms with E-state index in [1.165, 1.54) is 36.4 Å². The van der Waals surface area contributed by atoms with Gasteiger partial charge in [-0.05, 0) is 25.7 Å². The van der Waals surface area contributed by atoms with Crippen LogP contribution in [0.1, 0.15) is 56.2 Å². The van der Waals surface area contributed by atoms with E-state index in [1.54, 1.807) is 0 Å². The third-order valence-electron chi connectivity index (χ3n) is 3.32. The third kappa shape index (κ3) is 3.29. The first-order valence-corrected chi connectivity index (χ1v) is 7.39. The van der Waals surface area contributed by atoms with Gasteiger partial charge in [0.05, 0.1) is 10.7 Å². The van der Waals surface area contributed by atoms with Gasteiger partial charge >= 0.3 is 0 Å². The number of nitrogens with one attached hydrogen (secondary N) is 1. The van der Waals surface area contributed by atoms with Crippen molar-refractivity contribution in [3.63, 3.8) is 0 Å². The van der Waals surface area contributed by atoms with Crippen LogP contribution < -0.4 is 5.32 Å². The van der Waals surface area contributed by atoms with Crippen LogP contribution in [0, 0.1) is 0 Å². The lowest BCUT2D eigenvalue weighted by Crippen LogP contribution is -2.29. The van der Waals surface area contributed by atoms with E-state index in [2.05, 4.69) is 24.5 Å². The third-order valence-corrected chi connectivity index (χ3v) is 4.25. The first-order valence-electron chi connectivity index (χ1n) is 6.51. The number of hydrogen-bond donors (Lipinski definition) is 1. The molecule has 2 nitrogen and oxygen atoms in total. The molecule has 0 bridgehead atoms. The van der Waals surface area contributed by atoms with Crippen LogP contribution in [0.5, 0.6) is 0 Å². The van der Waals surface area contributed by atoms with Crippen molar-refractivity contribution in [2.75, 3.05) is 6.54 Å². The molecule has 0 saturated heterocycles. The lowest BCUT2D eigenvalue weighted by atomic mass is 10.2. The van der Waals surface area contributed by atoms with Gasteiger partial charge in [-0.2, -0.15) is 0 Å². The van der Waals surface area contributed by atoms with Crippen LogP contribution in [0.3, 0.4) is 0 Å².